The van der Waals surface area contributed by atoms with Crippen LogP contribution in [-0.4, -0.2) is 15.3 Å². The van der Waals surface area contributed by atoms with Crippen molar-refractivity contribution in [2.75, 3.05) is 0 Å². The number of aryl methyl sites for hydroxylation is 2. The van der Waals surface area contributed by atoms with Crippen LogP contribution in [0.15, 0.2) is 30.3 Å². The van der Waals surface area contributed by atoms with Crippen molar-refractivity contribution in [3.05, 3.63) is 41.5 Å². The predicted octanol–water partition coefficient (Wildman–Crippen LogP) is 4.11. The second-order valence-electron chi connectivity index (χ2n) is 4.16. The molecule has 19 heavy (non-hydrogen) atoms. The maximum atomic E-state index is 9.58. The largest absolute Gasteiger partial charge is 0.508 e. The summed E-state index contributed by atoms with van der Waals surface area (Å²) in [5, 5.41) is 28.3. The molecule has 2 aromatic carbocycles. The van der Waals surface area contributed by atoms with E-state index in [4.69, 9.17) is 0 Å². The van der Waals surface area contributed by atoms with Crippen molar-refractivity contribution in [1.82, 2.24) is 0 Å². The van der Waals surface area contributed by atoms with Crippen LogP contribution in [0.25, 0.3) is 11.1 Å². The Morgan fingerprint density at radius 3 is 1.89 bits per heavy atom. The summed E-state index contributed by atoms with van der Waals surface area (Å²) in [6.07, 6.45) is 0. The van der Waals surface area contributed by atoms with Crippen LogP contribution in [-0.2, 0) is 0 Å². The molecule has 0 unspecified atom stereocenters. The Morgan fingerprint density at radius 2 is 1.32 bits per heavy atom. The maximum Gasteiger partial charge on any atom is 0.158 e. The minimum absolute atomic E-state index is 0.137. The molecule has 0 aliphatic carbocycles. The first-order chi connectivity index (χ1) is 8.99. The third-order valence-corrected chi connectivity index (χ3v) is 2.83. The second kappa shape index (κ2) is 6.14. The van der Waals surface area contributed by atoms with Gasteiger partial charge in [0.1, 0.15) is 5.75 Å². The van der Waals surface area contributed by atoms with Gasteiger partial charge in [-0.1, -0.05) is 19.9 Å². The Bertz CT molecular complexity index is 574. The molecule has 0 radical (unpaired) electrons. The summed E-state index contributed by atoms with van der Waals surface area (Å²) in [5.41, 5.74) is 3.42. The first kappa shape index (κ1) is 14.9. The standard InChI is InChI=1S/C14H14O3.C2H6/c1-8-6-13(16)9(2)5-11(8)10-3-4-12(15)14(17)7-10;1-2/h3-7,15-17H,1-2H3;1-2H3. The molecule has 0 aliphatic heterocycles. The van der Waals surface area contributed by atoms with Crippen LogP contribution in [0.2, 0.25) is 0 Å². The fourth-order valence-electron chi connectivity index (χ4n) is 1.80. The highest BCUT2D eigenvalue weighted by atomic mass is 16.3. The van der Waals surface area contributed by atoms with Gasteiger partial charge in [0, 0.05) is 0 Å². The van der Waals surface area contributed by atoms with Gasteiger partial charge in [-0.15, -0.1) is 0 Å². The highest BCUT2D eigenvalue weighted by Gasteiger charge is 2.08. The summed E-state index contributed by atoms with van der Waals surface area (Å²) in [5.74, 6) is -0.0243. The molecule has 0 heterocycles. The molecule has 3 nitrogen and oxygen atoms in total. The fourth-order valence-corrected chi connectivity index (χ4v) is 1.80. The van der Waals surface area contributed by atoms with Gasteiger partial charge >= 0.3 is 0 Å². The van der Waals surface area contributed by atoms with Crippen molar-refractivity contribution in [2.45, 2.75) is 27.7 Å². The molecule has 0 spiro atoms. The van der Waals surface area contributed by atoms with E-state index in [1.165, 1.54) is 12.1 Å². The molecule has 0 saturated heterocycles. The van der Waals surface area contributed by atoms with E-state index in [1.54, 1.807) is 12.1 Å². The Kier molecular flexibility index (Phi) is 4.81. The van der Waals surface area contributed by atoms with Gasteiger partial charge < -0.3 is 15.3 Å². The predicted molar refractivity (Wildman–Crippen MR) is 77.7 cm³/mol. The van der Waals surface area contributed by atoms with Crippen LogP contribution in [0, 0.1) is 13.8 Å². The summed E-state index contributed by atoms with van der Waals surface area (Å²) in [7, 11) is 0. The van der Waals surface area contributed by atoms with Crippen molar-refractivity contribution < 1.29 is 15.3 Å². The van der Waals surface area contributed by atoms with Crippen LogP contribution in [0.3, 0.4) is 0 Å². The van der Waals surface area contributed by atoms with E-state index in [1.807, 2.05) is 33.8 Å². The van der Waals surface area contributed by atoms with Gasteiger partial charge in [-0.25, -0.2) is 0 Å². The van der Waals surface area contributed by atoms with Gasteiger partial charge in [-0.3, -0.25) is 0 Å². The van der Waals surface area contributed by atoms with E-state index in [0.29, 0.717) is 0 Å². The Morgan fingerprint density at radius 1 is 0.684 bits per heavy atom. The van der Waals surface area contributed by atoms with E-state index in [2.05, 4.69) is 0 Å². The van der Waals surface area contributed by atoms with E-state index < -0.39 is 0 Å². The molecular formula is C16H20O3. The van der Waals surface area contributed by atoms with Crippen LogP contribution in [0.1, 0.15) is 25.0 Å². The maximum absolute atomic E-state index is 9.58. The number of phenolic OH excluding ortho intramolecular Hbond substituents is 3. The average molecular weight is 260 g/mol. The number of phenols is 3. The third kappa shape index (κ3) is 3.19. The minimum atomic E-state index is -0.146. The van der Waals surface area contributed by atoms with E-state index >= 15 is 0 Å². The van der Waals surface area contributed by atoms with E-state index in [9.17, 15) is 15.3 Å². The van der Waals surface area contributed by atoms with E-state index in [0.717, 1.165) is 22.3 Å². The SMILES string of the molecule is CC.Cc1cc(-c2ccc(O)c(O)c2)c(C)cc1O. The van der Waals surface area contributed by atoms with Crippen LogP contribution in [0.5, 0.6) is 17.2 Å². The molecule has 0 bridgehead atoms. The van der Waals surface area contributed by atoms with Crippen molar-refractivity contribution >= 4 is 0 Å². The molecular weight excluding hydrogens is 240 g/mol. The van der Waals surface area contributed by atoms with Gasteiger partial charge in [0.25, 0.3) is 0 Å². The van der Waals surface area contributed by atoms with Gasteiger partial charge in [-0.2, -0.15) is 0 Å². The number of hydrogen-bond acceptors (Lipinski definition) is 3. The topological polar surface area (TPSA) is 60.7 Å². The average Bonchev–Trinajstić information content (AvgIpc) is 2.40. The lowest BCUT2D eigenvalue weighted by Gasteiger charge is -2.10. The number of aromatic hydroxyl groups is 3. The van der Waals surface area contributed by atoms with Crippen molar-refractivity contribution in [2.24, 2.45) is 0 Å². The lowest BCUT2D eigenvalue weighted by Crippen LogP contribution is -1.86. The molecule has 2 rings (SSSR count). The first-order valence-electron chi connectivity index (χ1n) is 6.31. The summed E-state index contributed by atoms with van der Waals surface area (Å²) >= 11 is 0. The van der Waals surface area contributed by atoms with Gasteiger partial charge in [0.05, 0.1) is 0 Å². The summed E-state index contributed by atoms with van der Waals surface area (Å²) < 4.78 is 0. The minimum Gasteiger partial charge on any atom is -0.508 e. The van der Waals surface area contributed by atoms with Gasteiger partial charge in [0.2, 0.25) is 0 Å². The monoisotopic (exact) mass is 260 g/mol. The third-order valence-electron chi connectivity index (χ3n) is 2.83. The molecule has 0 saturated carbocycles. The molecule has 0 atom stereocenters. The molecule has 0 aliphatic rings. The number of hydrogen-bond donors (Lipinski definition) is 3. The fraction of sp³-hybridized carbons (Fsp3) is 0.250. The van der Waals surface area contributed by atoms with Crippen LogP contribution >= 0.6 is 0 Å². The molecule has 0 amide bonds. The summed E-state index contributed by atoms with van der Waals surface area (Å²) in [6, 6.07) is 8.24. The normalized spacial score (nSPS) is 9.68. The number of rotatable bonds is 1. The Hall–Kier alpha value is -2.16. The van der Waals surface area contributed by atoms with Gasteiger partial charge in [-0.05, 0) is 60.4 Å². The van der Waals surface area contributed by atoms with Crippen molar-refractivity contribution in [3.8, 4) is 28.4 Å². The highest BCUT2D eigenvalue weighted by molar-refractivity contribution is 5.71. The second-order valence-corrected chi connectivity index (χ2v) is 4.16. The first-order valence-corrected chi connectivity index (χ1v) is 6.31. The highest BCUT2D eigenvalue weighted by Crippen LogP contribution is 2.34. The van der Waals surface area contributed by atoms with Gasteiger partial charge in [0.15, 0.2) is 11.5 Å². The van der Waals surface area contributed by atoms with Crippen LogP contribution in [0.4, 0.5) is 0 Å². The quantitative estimate of drug-likeness (QED) is 0.676. The molecule has 2 aromatic rings. The molecule has 0 fully saturated rings. The zero-order valence-electron chi connectivity index (χ0n) is 11.7. The lowest BCUT2D eigenvalue weighted by atomic mass is 9.97. The summed E-state index contributed by atoms with van der Waals surface area (Å²) in [4.78, 5) is 0. The Labute approximate surface area is 113 Å². The smallest absolute Gasteiger partial charge is 0.158 e. The van der Waals surface area contributed by atoms with E-state index in [-0.39, 0.29) is 17.2 Å². The number of benzene rings is 2. The molecule has 3 heteroatoms. The summed E-state index contributed by atoms with van der Waals surface area (Å²) in [6.45, 7) is 7.71. The van der Waals surface area contributed by atoms with Crippen molar-refractivity contribution in [3.63, 3.8) is 0 Å². The zero-order valence-corrected chi connectivity index (χ0v) is 11.7. The molecule has 102 valence electrons. The lowest BCUT2D eigenvalue weighted by molar-refractivity contribution is 0.404. The Balaban J connectivity index is 0.000000861. The molecule has 0 aromatic heterocycles. The van der Waals surface area contributed by atoms with Crippen molar-refractivity contribution in [1.29, 1.82) is 0 Å². The molecule has 3 N–H and O–H groups in total. The van der Waals surface area contributed by atoms with Crippen LogP contribution < -0.4 is 0 Å². The zero-order chi connectivity index (χ0) is 14.6.